The Morgan fingerprint density at radius 3 is 2.53 bits per heavy atom. The second kappa shape index (κ2) is 6.41. The highest BCUT2D eigenvalue weighted by atomic mass is 32.2. The van der Waals surface area contributed by atoms with Crippen molar-refractivity contribution in [2.45, 2.75) is 13.3 Å². The van der Waals surface area contributed by atoms with Crippen LogP contribution in [0.15, 0.2) is 30.3 Å². The van der Waals surface area contributed by atoms with E-state index in [0.717, 1.165) is 0 Å². The Hall–Kier alpha value is -1.34. The summed E-state index contributed by atoms with van der Waals surface area (Å²) in [6.07, 6.45) is 0.674. The van der Waals surface area contributed by atoms with E-state index in [4.69, 9.17) is 0 Å². The van der Waals surface area contributed by atoms with Crippen molar-refractivity contribution in [3.8, 4) is 0 Å². The van der Waals surface area contributed by atoms with E-state index in [9.17, 15) is 13.2 Å². The van der Waals surface area contributed by atoms with Crippen LogP contribution in [-0.4, -0.2) is 27.3 Å². The van der Waals surface area contributed by atoms with Gasteiger partial charge in [0.2, 0.25) is 0 Å². The van der Waals surface area contributed by atoms with Crippen LogP contribution in [-0.2, 0) is 9.87 Å². The van der Waals surface area contributed by atoms with E-state index < -0.39 is 15.7 Å². The van der Waals surface area contributed by atoms with E-state index in [1.54, 1.807) is 30.3 Å². The molecule has 0 saturated heterocycles. The molecule has 0 aliphatic carbocycles. The van der Waals surface area contributed by atoms with Gasteiger partial charge < -0.3 is 5.32 Å². The molecule has 0 spiro atoms. The van der Waals surface area contributed by atoms with Crippen molar-refractivity contribution in [2.24, 2.45) is 0 Å². The largest absolute Gasteiger partial charge is 0.415 e. The van der Waals surface area contributed by atoms with Gasteiger partial charge in [-0.2, -0.15) is 0 Å². The minimum Gasteiger partial charge on any atom is -0.334 e. The summed E-state index contributed by atoms with van der Waals surface area (Å²) < 4.78 is 25.0. The first-order valence-electron chi connectivity index (χ1n) is 5.24. The average molecular weight is 253 g/mol. The molecule has 0 fully saturated rings. The van der Waals surface area contributed by atoms with Crippen LogP contribution >= 0.6 is 0 Å². The maximum atomic E-state index is 11.4. The molecule has 0 bridgehead atoms. The fraction of sp³-hybridized carbons (Fsp3) is 0.300. The highest BCUT2D eigenvalue weighted by Gasteiger charge is 2.19. The van der Waals surface area contributed by atoms with Gasteiger partial charge in [-0.1, -0.05) is 25.1 Å². The quantitative estimate of drug-likeness (QED) is 0.747. The van der Waals surface area contributed by atoms with Crippen LogP contribution in [0.4, 0.5) is 10.5 Å². The summed E-state index contributed by atoms with van der Waals surface area (Å²) in [7, 11) is -3.65. The fourth-order valence-electron chi connectivity index (χ4n) is 1.12. The molecule has 5 nitrogen and oxygen atoms in total. The van der Waals surface area contributed by atoms with Gasteiger partial charge in [0.25, 0.3) is 0 Å². The third kappa shape index (κ3) is 5.51. The molecule has 91 valence electrons. The number of para-hydroxylation sites is 1. The average Bonchev–Trinajstić information content (AvgIpc) is 2.27. The van der Waals surface area contributed by atoms with Gasteiger partial charge in [0.1, 0.15) is 0 Å². The number of anilines is 1. The Balaban J connectivity index is 2.50. The molecule has 0 saturated carbocycles. The number of hydrogen-bond acceptors (Lipinski definition) is 3. The Kier molecular flexibility index (Phi) is 5.18. The van der Waals surface area contributed by atoms with Gasteiger partial charge >= 0.3 is 6.56 Å². The van der Waals surface area contributed by atoms with Crippen molar-refractivity contribution >= 4 is 27.9 Å². The van der Waals surface area contributed by atoms with Crippen LogP contribution in [0.1, 0.15) is 13.3 Å². The maximum Gasteiger partial charge on any atom is 0.415 e. The molecule has 0 atom stereocenters. The molecule has 0 aliphatic heterocycles. The van der Waals surface area contributed by atoms with Crippen molar-refractivity contribution in [1.82, 2.24) is 4.72 Å². The van der Waals surface area contributed by atoms with E-state index in [1.165, 1.54) is 0 Å². The van der Waals surface area contributed by atoms with Gasteiger partial charge in [-0.3, -0.25) is 4.79 Å². The first kappa shape index (κ1) is 13.7. The Labute approximate surface area is 102 Å². The van der Waals surface area contributed by atoms with Crippen molar-refractivity contribution in [3.63, 3.8) is 0 Å². The lowest BCUT2D eigenvalue weighted by Gasteiger charge is -2.05. The molecule has 0 aliphatic rings. The zero-order chi connectivity index (χ0) is 12.7. The molecule has 0 unspecified atom stereocenters. The monoisotopic (exact) mass is 253 g/mol. The number of rotatable bonds is 6. The summed E-state index contributed by atoms with van der Waals surface area (Å²) >= 11 is 0. The molecule has 0 heterocycles. The SMILES string of the molecule is CCCNS(=O)(=O)[B]C(=O)Nc1ccccc1. The number of nitrogens with one attached hydrogen (secondary N) is 2. The van der Waals surface area contributed by atoms with Crippen LogP contribution < -0.4 is 10.0 Å². The number of carbonyl (C=O) groups is 1. The third-order valence-electron chi connectivity index (χ3n) is 1.86. The standard InChI is InChI=1S/C10H14BN2O3S/c1-2-8-12-17(15,16)11-10(14)13-9-6-4-3-5-7-9/h3-7,12H,2,8H2,1H3,(H,13,14). The second-order valence-corrected chi connectivity index (χ2v) is 5.03. The number of carbonyl (C=O) groups excluding carboxylic acids is 1. The molecule has 17 heavy (non-hydrogen) atoms. The minimum atomic E-state index is -3.65. The Bertz CT molecular complexity index is 462. The third-order valence-corrected chi connectivity index (χ3v) is 2.99. The number of amides is 1. The molecule has 0 aromatic heterocycles. The van der Waals surface area contributed by atoms with Gasteiger partial charge in [-0.15, -0.1) is 0 Å². The van der Waals surface area contributed by atoms with Crippen LogP contribution in [0.2, 0.25) is 0 Å². The summed E-state index contributed by atoms with van der Waals surface area (Å²) in [6, 6.07) is 8.66. The van der Waals surface area contributed by atoms with Gasteiger partial charge in [0.05, 0.1) is 0 Å². The predicted octanol–water partition coefficient (Wildman–Crippen LogP) is 1.17. The summed E-state index contributed by atoms with van der Waals surface area (Å²) in [5, 5.41) is 2.46. The summed E-state index contributed by atoms with van der Waals surface area (Å²) in [5.74, 6) is -0.667. The van der Waals surface area contributed by atoms with E-state index in [-0.39, 0.29) is 0 Å². The molecule has 1 radical (unpaired) electrons. The van der Waals surface area contributed by atoms with Crippen molar-refractivity contribution in [3.05, 3.63) is 30.3 Å². The van der Waals surface area contributed by atoms with Crippen molar-refractivity contribution < 1.29 is 13.2 Å². The smallest absolute Gasteiger partial charge is 0.334 e. The molecule has 1 rings (SSSR count). The fourth-order valence-corrected chi connectivity index (χ4v) is 2.03. The lowest BCUT2D eigenvalue weighted by atomic mass is 10.1. The highest BCUT2D eigenvalue weighted by molar-refractivity contribution is 8.16. The first-order valence-corrected chi connectivity index (χ1v) is 6.78. The number of hydrogen-bond donors (Lipinski definition) is 2. The van der Waals surface area contributed by atoms with Gasteiger partial charge in [0.15, 0.2) is 15.7 Å². The summed E-state index contributed by atoms with van der Waals surface area (Å²) in [6.45, 7) is 2.81. The topological polar surface area (TPSA) is 75.3 Å². The first-order chi connectivity index (χ1) is 8.03. The Morgan fingerprint density at radius 1 is 1.29 bits per heavy atom. The second-order valence-electron chi connectivity index (χ2n) is 3.41. The molecule has 7 heteroatoms. The van der Waals surface area contributed by atoms with Crippen LogP contribution in [0.25, 0.3) is 0 Å². The normalized spacial score (nSPS) is 10.9. The molecule has 1 aromatic carbocycles. The highest BCUT2D eigenvalue weighted by Crippen LogP contribution is 2.04. The van der Waals surface area contributed by atoms with Crippen LogP contribution in [0, 0.1) is 0 Å². The van der Waals surface area contributed by atoms with Crippen LogP contribution in [0.5, 0.6) is 0 Å². The van der Waals surface area contributed by atoms with E-state index in [0.29, 0.717) is 25.2 Å². The van der Waals surface area contributed by atoms with Gasteiger partial charge in [0, 0.05) is 12.2 Å². The lowest BCUT2D eigenvalue weighted by molar-refractivity contribution is 0.268. The van der Waals surface area contributed by atoms with Crippen LogP contribution in [0.3, 0.4) is 0 Å². The zero-order valence-corrected chi connectivity index (χ0v) is 10.3. The molecule has 1 aromatic rings. The molecule has 2 N–H and O–H groups in total. The van der Waals surface area contributed by atoms with Gasteiger partial charge in [-0.05, 0) is 18.6 Å². The predicted molar refractivity (Wildman–Crippen MR) is 68.4 cm³/mol. The minimum absolute atomic E-state index is 0.317. The van der Waals surface area contributed by atoms with E-state index in [2.05, 4.69) is 10.0 Å². The van der Waals surface area contributed by atoms with Crippen molar-refractivity contribution in [1.29, 1.82) is 0 Å². The molecular formula is C10H14BN2O3S. The molecular weight excluding hydrogens is 239 g/mol. The zero-order valence-electron chi connectivity index (χ0n) is 9.51. The van der Waals surface area contributed by atoms with Gasteiger partial charge in [-0.25, -0.2) is 13.1 Å². The maximum absolute atomic E-state index is 11.4. The summed E-state index contributed by atoms with van der Waals surface area (Å²) in [4.78, 5) is 11.4. The Morgan fingerprint density at radius 2 is 1.94 bits per heavy atom. The lowest BCUT2D eigenvalue weighted by Crippen LogP contribution is -2.35. The van der Waals surface area contributed by atoms with Crippen molar-refractivity contribution in [2.75, 3.05) is 11.9 Å². The number of benzene rings is 1. The molecule has 1 amide bonds. The van der Waals surface area contributed by atoms with E-state index >= 15 is 0 Å². The van der Waals surface area contributed by atoms with E-state index in [1.807, 2.05) is 6.92 Å². The summed E-state index contributed by atoms with van der Waals surface area (Å²) in [5.41, 5.74) is 0.555.